The molecule has 0 fully saturated rings. The number of nitrogens with zero attached hydrogens (tertiary/aromatic N) is 3. The van der Waals surface area contributed by atoms with Gasteiger partial charge in [-0.25, -0.2) is 4.98 Å². The van der Waals surface area contributed by atoms with E-state index in [-0.39, 0.29) is 28.9 Å². The Hall–Kier alpha value is -3.72. The number of phenolic OH excluding ortho intramolecular Hbond substituents is 1. The van der Waals surface area contributed by atoms with Gasteiger partial charge in [0.15, 0.2) is 5.69 Å². The first-order valence-electron chi connectivity index (χ1n) is 9.31. The van der Waals surface area contributed by atoms with Crippen LogP contribution in [0.5, 0.6) is 5.75 Å². The summed E-state index contributed by atoms with van der Waals surface area (Å²) < 4.78 is 5.40. The third kappa shape index (κ3) is 5.21. The van der Waals surface area contributed by atoms with Crippen LogP contribution in [0.1, 0.15) is 33.5 Å². The number of nitro groups is 1. The molecular weight excluding hydrogens is 388 g/mol. The lowest BCUT2D eigenvalue weighted by molar-refractivity contribution is -0.384. The fourth-order valence-electron chi connectivity index (χ4n) is 2.91. The third-order valence-electron chi connectivity index (χ3n) is 4.68. The Labute approximate surface area is 172 Å². The molecule has 0 aliphatic rings. The fourth-order valence-corrected chi connectivity index (χ4v) is 2.91. The second-order valence-electron chi connectivity index (χ2n) is 6.95. The van der Waals surface area contributed by atoms with Crippen LogP contribution in [-0.4, -0.2) is 39.4 Å². The van der Waals surface area contributed by atoms with Crippen LogP contribution in [0.15, 0.2) is 59.2 Å². The fraction of sp³-hybridized carbons (Fsp3) is 0.238. The standard InChI is InChI=1S/C21H22N4O5/c1-24(11-10-14-2-6-16(7-3-14)25(28)29)21(27)19-13-30-20(23-19)18(22)12-15-4-8-17(26)9-5-15/h2-9,13,18,26H,10-12,22H2,1H3. The van der Waals surface area contributed by atoms with Gasteiger partial charge in [0.25, 0.3) is 11.6 Å². The maximum Gasteiger partial charge on any atom is 0.275 e. The topological polar surface area (TPSA) is 136 Å². The molecule has 30 heavy (non-hydrogen) atoms. The number of rotatable bonds is 8. The first-order valence-corrected chi connectivity index (χ1v) is 9.31. The molecule has 3 rings (SSSR count). The summed E-state index contributed by atoms with van der Waals surface area (Å²) in [6.45, 7) is 0.415. The van der Waals surface area contributed by atoms with Crippen molar-refractivity contribution in [1.82, 2.24) is 9.88 Å². The molecule has 156 valence electrons. The van der Waals surface area contributed by atoms with Crippen molar-refractivity contribution in [1.29, 1.82) is 0 Å². The summed E-state index contributed by atoms with van der Waals surface area (Å²) >= 11 is 0. The van der Waals surface area contributed by atoms with Gasteiger partial charge in [-0.2, -0.15) is 0 Å². The van der Waals surface area contributed by atoms with Gasteiger partial charge < -0.3 is 20.2 Å². The van der Waals surface area contributed by atoms with Gasteiger partial charge in [-0.3, -0.25) is 14.9 Å². The molecule has 0 aliphatic carbocycles. The average molecular weight is 410 g/mol. The Morgan fingerprint density at radius 2 is 1.83 bits per heavy atom. The van der Waals surface area contributed by atoms with Crippen LogP contribution in [0, 0.1) is 10.1 Å². The number of carbonyl (C=O) groups excluding carboxylic acids is 1. The zero-order valence-corrected chi connectivity index (χ0v) is 16.4. The number of aromatic hydroxyl groups is 1. The van der Waals surface area contributed by atoms with Gasteiger partial charge in [0.2, 0.25) is 5.89 Å². The van der Waals surface area contributed by atoms with Gasteiger partial charge in [0, 0.05) is 25.7 Å². The molecule has 0 aliphatic heterocycles. The van der Waals surface area contributed by atoms with E-state index in [4.69, 9.17) is 10.2 Å². The normalized spacial score (nSPS) is 11.8. The van der Waals surface area contributed by atoms with Gasteiger partial charge in [-0.05, 0) is 36.1 Å². The number of likely N-dealkylation sites (N-methyl/N-ethyl adjacent to an activating group) is 1. The Bertz CT molecular complexity index is 1010. The summed E-state index contributed by atoms with van der Waals surface area (Å²) in [5.41, 5.74) is 8.12. The van der Waals surface area contributed by atoms with Crippen LogP contribution < -0.4 is 5.73 Å². The lowest BCUT2D eigenvalue weighted by atomic mass is 10.1. The molecule has 9 nitrogen and oxygen atoms in total. The molecule has 3 aromatic rings. The summed E-state index contributed by atoms with van der Waals surface area (Å²) in [6.07, 6.45) is 2.28. The maximum atomic E-state index is 12.6. The number of oxazole rings is 1. The van der Waals surface area contributed by atoms with E-state index in [0.717, 1.165) is 11.1 Å². The minimum absolute atomic E-state index is 0.0296. The molecule has 2 aromatic carbocycles. The van der Waals surface area contributed by atoms with Crippen LogP contribution in [0.2, 0.25) is 0 Å². The predicted molar refractivity (Wildman–Crippen MR) is 109 cm³/mol. The first-order chi connectivity index (χ1) is 14.3. The number of benzene rings is 2. The number of amides is 1. The van der Waals surface area contributed by atoms with E-state index < -0.39 is 11.0 Å². The van der Waals surface area contributed by atoms with E-state index >= 15 is 0 Å². The highest BCUT2D eigenvalue weighted by molar-refractivity contribution is 5.91. The second kappa shape index (κ2) is 9.19. The van der Waals surface area contributed by atoms with Crippen molar-refractivity contribution in [2.24, 2.45) is 5.73 Å². The van der Waals surface area contributed by atoms with Crippen molar-refractivity contribution in [3.05, 3.63) is 87.6 Å². The minimum Gasteiger partial charge on any atom is -0.508 e. The van der Waals surface area contributed by atoms with Gasteiger partial charge in [0.05, 0.1) is 11.0 Å². The minimum atomic E-state index is -0.526. The number of carbonyl (C=O) groups is 1. The predicted octanol–water partition coefficient (Wildman–Crippen LogP) is 2.85. The molecule has 0 saturated carbocycles. The van der Waals surface area contributed by atoms with E-state index in [1.54, 1.807) is 43.4 Å². The molecule has 1 atom stereocenters. The molecule has 9 heteroatoms. The average Bonchev–Trinajstić information content (AvgIpc) is 3.24. The molecule has 1 aromatic heterocycles. The largest absolute Gasteiger partial charge is 0.508 e. The lowest BCUT2D eigenvalue weighted by Gasteiger charge is -2.15. The van der Waals surface area contributed by atoms with Crippen LogP contribution in [0.25, 0.3) is 0 Å². The van der Waals surface area contributed by atoms with Gasteiger partial charge in [0.1, 0.15) is 12.0 Å². The summed E-state index contributed by atoms with van der Waals surface area (Å²) in [6, 6.07) is 12.4. The summed E-state index contributed by atoms with van der Waals surface area (Å²) in [5.74, 6) is 0.132. The molecule has 0 spiro atoms. The number of hydrogen-bond acceptors (Lipinski definition) is 7. The number of nitrogens with two attached hydrogens (primary N) is 1. The number of non-ortho nitro benzene ring substituents is 1. The number of nitro benzene ring substituents is 1. The highest BCUT2D eigenvalue weighted by Gasteiger charge is 2.20. The second-order valence-corrected chi connectivity index (χ2v) is 6.95. The van der Waals surface area contributed by atoms with E-state index in [2.05, 4.69) is 4.98 Å². The molecule has 1 heterocycles. The molecule has 1 unspecified atom stereocenters. The van der Waals surface area contributed by atoms with Gasteiger partial charge >= 0.3 is 0 Å². The van der Waals surface area contributed by atoms with Crippen LogP contribution >= 0.6 is 0 Å². The summed E-state index contributed by atoms with van der Waals surface area (Å²) in [5, 5.41) is 20.1. The quantitative estimate of drug-likeness (QED) is 0.430. The Balaban J connectivity index is 1.56. The Morgan fingerprint density at radius 1 is 1.20 bits per heavy atom. The smallest absolute Gasteiger partial charge is 0.275 e. The van der Waals surface area contributed by atoms with E-state index in [1.165, 1.54) is 23.3 Å². The Kier molecular flexibility index (Phi) is 6.43. The van der Waals surface area contributed by atoms with E-state index in [0.29, 0.717) is 19.4 Å². The van der Waals surface area contributed by atoms with Crippen molar-refractivity contribution in [3.8, 4) is 5.75 Å². The SMILES string of the molecule is CN(CCc1ccc([N+](=O)[O-])cc1)C(=O)c1coc(C(N)Cc2ccc(O)cc2)n1. The first kappa shape index (κ1) is 21.0. The van der Waals surface area contributed by atoms with Crippen LogP contribution in [0.4, 0.5) is 5.69 Å². The zero-order chi connectivity index (χ0) is 21.7. The molecule has 0 radical (unpaired) electrons. The monoisotopic (exact) mass is 410 g/mol. The van der Waals surface area contributed by atoms with E-state index in [9.17, 15) is 20.0 Å². The highest BCUT2D eigenvalue weighted by Crippen LogP contribution is 2.19. The number of hydrogen-bond donors (Lipinski definition) is 2. The van der Waals surface area contributed by atoms with Crippen LogP contribution in [0.3, 0.4) is 0 Å². The summed E-state index contributed by atoms with van der Waals surface area (Å²) in [7, 11) is 1.65. The van der Waals surface area contributed by atoms with Crippen molar-refractivity contribution in [2.75, 3.05) is 13.6 Å². The van der Waals surface area contributed by atoms with Gasteiger partial charge in [-0.15, -0.1) is 0 Å². The lowest BCUT2D eigenvalue weighted by Crippen LogP contribution is -2.29. The van der Waals surface area contributed by atoms with Crippen molar-refractivity contribution in [2.45, 2.75) is 18.9 Å². The van der Waals surface area contributed by atoms with Crippen molar-refractivity contribution < 1.29 is 19.2 Å². The highest BCUT2D eigenvalue weighted by atomic mass is 16.6. The molecule has 3 N–H and O–H groups in total. The third-order valence-corrected chi connectivity index (χ3v) is 4.68. The number of phenols is 1. The number of aromatic nitrogens is 1. The Morgan fingerprint density at radius 3 is 2.47 bits per heavy atom. The molecule has 0 saturated heterocycles. The molecule has 1 amide bonds. The van der Waals surface area contributed by atoms with E-state index in [1.807, 2.05) is 0 Å². The molecular formula is C21H22N4O5. The molecule has 0 bridgehead atoms. The van der Waals surface area contributed by atoms with Crippen LogP contribution in [-0.2, 0) is 12.8 Å². The summed E-state index contributed by atoms with van der Waals surface area (Å²) in [4.78, 5) is 28.6. The van der Waals surface area contributed by atoms with Crippen molar-refractivity contribution in [3.63, 3.8) is 0 Å². The van der Waals surface area contributed by atoms with Crippen molar-refractivity contribution >= 4 is 11.6 Å². The van der Waals surface area contributed by atoms with Gasteiger partial charge in [-0.1, -0.05) is 24.3 Å². The zero-order valence-electron chi connectivity index (χ0n) is 16.4. The maximum absolute atomic E-state index is 12.6.